The van der Waals surface area contributed by atoms with Crippen molar-refractivity contribution in [1.29, 1.82) is 0 Å². The van der Waals surface area contributed by atoms with E-state index in [-0.39, 0.29) is 5.60 Å². The van der Waals surface area contributed by atoms with Crippen LogP contribution in [-0.2, 0) is 9.47 Å². The maximum Gasteiger partial charge on any atom is 0.0707 e. The highest BCUT2D eigenvalue weighted by Gasteiger charge is 2.08. The predicted octanol–water partition coefficient (Wildman–Crippen LogP) is 1.38. The quantitative estimate of drug-likeness (QED) is 0.589. The van der Waals surface area contributed by atoms with Crippen LogP contribution in [0.4, 0.5) is 0 Å². The Balaban J connectivity index is 3.09. The molecule has 0 unspecified atom stereocenters. The van der Waals surface area contributed by atoms with E-state index in [0.29, 0.717) is 13.2 Å². The molecule has 0 aromatic carbocycles. The van der Waals surface area contributed by atoms with Crippen LogP contribution in [0.3, 0.4) is 0 Å². The lowest BCUT2D eigenvalue weighted by Crippen LogP contribution is -2.23. The third-order valence-corrected chi connectivity index (χ3v) is 1.45. The van der Waals surface area contributed by atoms with Gasteiger partial charge in [0, 0.05) is 6.54 Å². The fraction of sp³-hybridized carbons (Fsp3) is 1.00. The molecule has 0 aromatic heterocycles. The van der Waals surface area contributed by atoms with Gasteiger partial charge in [0.2, 0.25) is 0 Å². The standard InChI is InChI=1S/C10H23NO2/c1-10(2,3)13-9-8-12-7-6-11(4)5/h6-9H2,1-5H3. The Morgan fingerprint density at radius 2 is 1.62 bits per heavy atom. The van der Waals surface area contributed by atoms with Crippen LogP contribution >= 0.6 is 0 Å². The highest BCUT2D eigenvalue weighted by atomic mass is 16.5. The van der Waals surface area contributed by atoms with Crippen molar-refractivity contribution in [2.24, 2.45) is 0 Å². The molecule has 0 aliphatic heterocycles. The van der Waals surface area contributed by atoms with Gasteiger partial charge in [0.1, 0.15) is 0 Å². The summed E-state index contributed by atoms with van der Waals surface area (Å²) in [4.78, 5) is 2.10. The summed E-state index contributed by atoms with van der Waals surface area (Å²) in [6.07, 6.45) is 0. The van der Waals surface area contributed by atoms with E-state index in [2.05, 4.69) is 4.90 Å². The van der Waals surface area contributed by atoms with Crippen LogP contribution in [0.2, 0.25) is 0 Å². The van der Waals surface area contributed by atoms with Crippen molar-refractivity contribution in [2.45, 2.75) is 26.4 Å². The largest absolute Gasteiger partial charge is 0.378 e. The Morgan fingerprint density at radius 1 is 1.00 bits per heavy atom. The lowest BCUT2D eigenvalue weighted by atomic mass is 10.2. The minimum Gasteiger partial charge on any atom is -0.378 e. The number of hydrogen-bond donors (Lipinski definition) is 0. The molecule has 0 heterocycles. The average Bonchev–Trinajstić information content (AvgIpc) is 1.93. The minimum atomic E-state index is -0.0507. The molecule has 0 saturated carbocycles. The third kappa shape index (κ3) is 11.9. The van der Waals surface area contributed by atoms with E-state index >= 15 is 0 Å². The Kier molecular flexibility index (Phi) is 6.29. The second kappa shape index (κ2) is 6.35. The molecule has 0 aromatic rings. The van der Waals surface area contributed by atoms with Gasteiger partial charge in [-0.15, -0.1) is 0 Å². The van der Waals surface area contributed by atoms with Gasteiger partial charge in [0.15, 0.2) is 0 Å². The number of nitrogens with zero attached hydrogens (tertiary/aromatic N) is 1. The van der Waals surface area contributed by atoms with E-state index in [0.717, 1.165) is 13.2 Å². The van der Waals surface area contributed by atoms with Crippen LogP contribution in [0.15, 0.2) is 0 Å². The first kappa shape index (κ1) is 12.9. The summed E-state index contributed by atoms with van der Waals surface area (Å²) < 4.78 is 10.9. The van der Waals surface area contributed by atoms with Crippen molar-refractivity contribution >= 4 is 0 Å². The zero-order chi connectivity index (χ0) is 10.3. The molecular formula is C10H23NO2. The summed E-state index contributed by atoms with van der Waals surface area (Å²) >= 11 is 0. The zero-order valence-corrected chi connectivity index (χ0v) is 9.59. The predicted molar refractivity (Wildman–Crippen MR) is 55.1 cm³/mol. The molecule has 0 spiro atoms. The first-order chi connectivity index (χ1) is 5.92. The molecule has 0 radical (unpaired) electrons. The van der Waals surface area contributed by atoms with E-state index < -0.39 is 0 Å². The second-order valence-electron chi connectivity index (χ2n) is 4.38. The van der Waals surface area contributed by atoms with Crippen molar-refractivity contribution in [3.05, 3.63) is 0 Å². The highest BCUT2D eigenvalue weighted by molar-refractivity contribution is 4.57. The molecule has 0 saturated heterocycles. The van der Waals surface area contributed by atoms with Crippen molar-refractivity contribution in [2.75, 3.05) is 40.5 Å². The summed E-state index contributed by atoms with van der Waals surface area (Å²) in [5.41, 5.74) is -0.0507. The summed E-state index contributed by atoms with van der Waals surface area (Å²) in [7, 11) is 4.07. The van der Waals surface area contributed by atoms with Gasteiger partial charge >= 0.3 is 0 Å². The summed E-state index contributed by atoms with van der Waals surface area (Å²) in [5, 5.41) is 0. The molecule has 0 aliphatic carbocycles. The van der Waals surface area contributed by atoms with Crippen LogP contribution in [0.25, 0.3) is 0 Å². The van der Waals surface area contributed by atoms with Gasteiger partial charge in [0.05, 0.1) is 25.4 Å². The van der Waals surface area contributed by atoms with E-state index in [4.69, 9.17) is 9.47 Å². The summed E-state index contributed by atoms with van der Waals surface area (Å²) in [6.45, 7) is 9.25. The fourth-order valence-electron chi connectivity index (χ4n) is 0.756. The minimum absolute atomic E-state index is 0.0507. The summed E-state index contributed by atoms with van der Waals surface area (Å²) in [5.74, 6) is 0. The average molecular weight is 189 g/mol. The molecule has 0 rings (SSSR count). The van der Waals surface area contributed by atoms with Crippen LogP contribution in [0.5, 0.6) is 0 Å². The molecule has 80 valence electrons. The highest BCUT2D eigenvalue weighted by Crippen LogP contribution is 2.05. The molecule has 0 N–H and O–H groups in total. The van der Waals surface area contributed by atoms with Crippen LogP contribution in [-0.4, -0.2) is 51.0 Å². The Bertz CT molecular complexity index is 119. The topological polar surface area (TPSA) is 21.7 Å². The normalized spacial score (nSPS) is 12.5. The van der Waals surface area contributed by atoms with Crippen LogP contribution in [0, 0.1) is 0 Å². The van der Waals surface area contributed by atoms with E-state index in [9.17, 15) is 0 Å². The van der Waals surface area contributed by atoms with Gasteiger partial charge in [-0.3, -0.25) is 0 Å². The van der Waals surface area contributed by atoms with Gasteiger partial charge < -0.3 is 14.4 Å². The Morgan fingerprint density at radius 3 is 2.08 bits per heavy atom. The zero-order valence-electron chi connectivity index (χ0n) is 9.59. The molecule has 3 heteroatoms. The van der Waals surface area contributed by atoms with Crippen LogP contribution < -0.4 is 0 Å². The molecule has 0 aliphatic rings. The molecule has 0 fully saturated rings. The van der Waals surface area contributed by atoms with E-state index in [1.807, 2.05) is 34.9 Å². The molecular weight excluding hydrogens is 166 g/mol. The van der Waals surface area contributed by atoms with Crippen molar-refractivity contribution < 1.29 is 9.47 Å². The molecule has 13 heavy (non-hydrogen) atoms. The maximum absolute atomic E-state index is 5.50. The Labute approximate surface area is 82.0 Å². The summed E-state index contributed by atoms with van der Waals surface area (Å²) in [6, 6.07) is 0. The van der Waals surface area contributed by atoms with Crippen molar-refractivity contribution in [3.8, 4) is 0 Å². The molecule has 0 bridgehead atoms. The maximum atomic E-state index is 5.50. The second-order valence-corrected chi connectivity index (χ2v) is 4.38. The van der Waals surface area contributed by atoms with Crippen LogP contribution in [0.1, 0.15) is 20.8 Å². The molecule has 0 atom stereocenters. The smallest absolute Gasteiger partial charge is 0.0707 e. The first-order valence-electron chi connectivity index (χ1n) is 4.78. The first-order valence-corrected chi connectivity index (χ1v) is 4.78. The number of hydrogen-bond acceptors (Lipinski definition) is 3. The Hall–Kier alpha value is -0.120. The van der Waals surface area contributed by atoms with Crippen molar-refractivity contribution in [3.63, 3.8) is 0 Å². The van der Waals surface area contributed by atoms with Gasteiger partial charge in [-0.2, -0.15) is 0 Å². The van der Waals surface area contributed by atoms with Gasteiger partial charge in [-0.1, -0.05) is 0 Å². The fourth-order valence-corrected chi connectivity index (χ4v) is 0.756. The number of likely N-dealkylation sites (N-methyl/N-ethyl adjacent to an activating group) is 1. The lowest BCUT2D eigenvalue weighted by Gasteiger charge is -2.19. The van der Waals surface area contributed by atoms with Crippen molar-refractivity contribution in [1.82, 2.24) is 4.90 Å². The van der Waals surface area contributed by atoms with Gasteiger partial charge in [-0.05, 0) is 34.9 Å². The van der Waals surface area contributed by atoms with E-state index in [1.54, 1.807) is 0 Å². The SMILES string of the molecule is CN(C)CCOCCOC(C)(C)C. The third-order valence-electron chi connectivity index (χ3n) is 1.45. The van der Waals surface area contributed by atoms with Gasteiger partial charge in [0.25, 0.3) is 0 Å². The van der Waals surface area contributed by atoms with E-state index in [1.165, 1.54) is 0 Å². The number of ether oxygens (including phenoxy) is 2. The lowest BCUT2D eigenvalue weighted by molar-refractivity contribution is -0.0359. The number of rotatable bonds is 6. The molecule has 3 nitrogen and oxygen atoms in total. The van der Waals surface area contributed by atoms with Gasteiger partial charge in [-0.25, -0.2) is 0 Å². The molecule has 0 amide bonds. The monoisotopic (exact) mass is 189 g/mol.